The third-order valence-electron chi connectivity index (χ3n) is 3.73. The average molecular weight is 262 g/mol. The second-order valence-corrected chi connectivity index (χ2v) is 5.56. The molecule has 2 rings (SSSR count). The molecule has 19 heavy (non-hydrogen) atoms. The van der Waals surface area contributed by atoms with Crippen molar-refractivity contribution in [2.75, 3.05) is 19.7 Å². The maximum absolute atomic E-state index is 6.01. The Morgan fingerprint density at radius 1 is 1.42 bits per heavy atom. The standard InChI is InChI=1S/C16H26N2O/c1-12(2)13-6-3-7-14-15(18-10-5-9-17)8-4-11-19-16(13)14/h3,6-7,12,15,18H,4-5,8-11,17H2,1-2H3. The van der Waals surface area contributed by atoms with Crippen molar-refractivity contribution in [3.05, 3.63) is 29.3 Å². The first kappa shape index (κ1) is 14.4. The van der Waals surface area contributed by atoms with Crippen LogP contribution in [0, 0.1) is 0 Å². The molecule has 0 saturated heterocycles. The third-order valence-corrected chi connectivity index (χ3v) is 3.73. The lowest BCUT2D eigenvalue weighted by Crippen LogP contribution is -2.24. The van der Waals surface area contributed by atoms with Crippen molar-refractivity contribution in [1.82, 2.24) is 5.32 Å². The zero-order chi connectivity index (χ0) is 13.7. The van der Waals surface area contributed by atoms with Crippen LogP contribution in [0.5, 0.6) is 5.75 Å². The molecule has 106 valence electrons. The van der Waals surface area contributed by atoms with Crippen LogP contribution in [0.2, 0.25) is 0 Å². The van der Waals surface area contributed by atoms with Gasteiger partial charge in [0.25, 0.3) is 0 Å². The van der Waals surface area contributed by atoms with E-state index in [1.54, 1.807) is 0 Å². The molecule has 0 fully saturated rings. The number of ether oxygens (including phenoxy) is 1. The molecular weight excluding hydrogens is 236 g/mol. The molecule has 0 saturated carbocycles. The molecule has 0 aromatic heterocycles. The average Bonchev–Trinajstić information content (AvgIpc) is 2.61. The van der Waals surface area contributed by atoms with Crippen molar-refractivity contribution in [1.29, 1.82) is 0 Å². The smallest absolute Gasteiger partial charge is 0.127 e. The number of nitrogens with two attached hydrogens (primary N) is 1. The number of fused-ring (bicyclic) bond motifs is 1. The summed E-state index contributed by atoms with van der Waals surface area (Å²) >= 11 is 0. The third kappa shape index (κ3) is 3.48. The predicted octanol–water partition coefficient (Wildman–Crippen LogP) is 2.96. The van der Waals surface area contributed by atoms with Gasteiger partial charge in [-0.1, -0.05) is 32.0 Å². The number of rotatable bonds is 5. The molecule has 0 spiro atoms. The number of nitrogens with one attached hydrogen (secondary N) is 1. The largest absolute Gasteiger partial charge is 0.493 e. The van der Waals surface area contributed by atoms with Gasteiger partial charge in [0.2, 0.25) is 0 Å². The Hall–Kier alpha value is -1.06. The first-order valence-electron chi connectivity index (χ1n) is 7.43. The van der Waals surface area contributed by atoms with Crippen molar-refractivity contribution in [3.63, 3.8) is 0 Å². The maximum Gasteiger partial charge on any atom is 0.127 e. The normalized spacial score (nSPS) is 18.8. The van der Waals surface area contributed by atoms with Gasteiger partial charge in [-0.3, -0.25) is 0 Å². The van der Waals surface area contributed by atoms with Gasteiger partial charge >= 0.3 is 0 Å². The fourth-order valence-corrected chi connectivity index (χ4v) is 2.68. The number of para-hydroxylation sites is 1. The van der Waals surface area contributed by atoms with Gasteiger partial charge in [0.15, 0.2) is 0 Å². The van der Waals surface area contributed by atoms with Crippen LogP contribution in [0.1, 0.15) is 56.2 Å². The molecule has 0 aliphatic carbocycles. The Morgan fingerprint density at radius 2 is 2.26 bits per heavy atom. The van der Waals surface area contributed by atoms with E-state index in [1.807, 2.05) is 0 Å². The first-order chi connectivity index (χ1) is 9.24. The molecule has 0 bridgehead atoms. The van der Waals surface area contributed by atoms with Gasteiger partial charge < -0.3 is 15.8 Å². The van der Waals surface area contributed by atoms with Crippen LogP contribution >= 0.6 is 0 Å². The van der Waals surface area contributed by atoms with Gasteiger partial charge in [-0.15, -0.1) is 0 Å². The minimum absolute atomic E-state index is 0.405. The molecule has 1 aromatic carbocycles. The van der Waals surface area contributed by atoms with Crippen molar-refractivity contribution in [3.8, 4) is 5.75 Å². The summed E-state index contributed by atoms with van der Waals surface area (Å²) in [5.74, 6) is 1.61. The lowest BCUT2D eigenvalue weighted by Gasteiger charge is -2.21. The monoisotopic (exact) mass is 262 g/mol. The van der Waals surface area contributed by atoms with Gasteiger partial charge in [0, 0.05) is 11.6 Å². The van der Waals surface area contributed by atoms with Crippen molar-refractivity contribution < 1.29 is 4.74 Å². The van der Waals surface area contributed by atoms with Crippen molar-refractivity contribution in [2.24, 2.45) is 5.73 Å². The van der Waals surface area contributed by atoms with E-state index >= 15 is 0 Å². The van der Waals surface area contributed by atoms with Gasteiger partial charge in [0.1, 0.15) is 5.75 Å². The molecule has 0 amide bonds. The fourth-order valence-electron chi connectivity index (χ4n) is 2.68. The van der Waals surface area contributed by atoms with Crippen LogP contribution in [0.15, 0.2) is 18.2 Å². The quantitative estimate of drug-likeness (QED) is 0.802. The van der Waals surface area contributed by atoms with Crippen LogP contribution in [-0.2, 0) is 0 Å². The van der Waals surface area contributed by atoms with E-state index in [2.05, 4.69) is 37.4 Å². The van der Waals surface area contributed by atoms with Crippen molar-refractivity contribution >= 4 is 0 Å². The number of hydrogen-bond acceptors (Lipinski definition) is 3. The van der Waals surface area contributed by atoms with Crippen LogP contribution < -0.4 is 15.8 Å². The van der Waals surface area contributed by atoms with E-state index in [0.29, 0.717) is 12.0 Å². The number of benzene rings is 1. The Labute approximate surface area is 116 Å². The van der Waals surface area contributed by atoms with Gasteiger partial charge in [-0.25, -0.2) is 0 Å². The first-order valence-corrected chi connectivity index (χ1v) is 7.43. The molecule has 1 atom stereocenters. The molecule has 1 unspecified atom stereocenters. The van der Waals surface area contributed by atoms with Crippen LogP contribution in [0.3, 0.4) is 0 Å². The fraction of sp³-hybridized carbons (Fsp3) is 0.625. The summed E-state index contributed by atoms with van der Waals surface area (Å²) in [6, 6.07) is 6.95. The predicted molar refractivity (Wildman–Crippen MR) is 79.7 cm³/mol. The Bertz CT molecular complexity index is 404. The van der Waals surface area contributed by atoms with E-state index in [9.17, 15) is 0 Å². The highest BCUT2D eigenvalue weighted by atomic mass is 16.5. The summed E-state index contributed by atoms with van der Waals surface area (Å²) in [5.41, 5.74) is 8.21. The van der Waals surface area contributed by atoms with Crippen molar-refractivity contribution in [2.45, 2.75) is 45.1 Å². The molecule has 3 heteroatoms. The minimum atomic E-state index is 0.405. The highest BCUT2D eigenvalue weighted by Crippen LogP contribution is 2.37. The van der Waals surface area contributed by atoms with Gasteiger partial charge in [0.05, 0.1) is 6.61 Å². The lowest BCUT2D eigenvalue weighted by atomic mass is 9.94. The highest BCUT2D eigenvalue weighted by Gasteiger charge is 2.22. The Balaban J connectivity index is 2.23. The summed E-state index contributed by atoms with van der Waals surface area (Å²) < 4.78 is 6.01. The van der Waals surface area contributed by atoms with E-state index in [1.165, 1.54) is 11.1 Å². The summed E-state index contributed by atoms with van der Waals surface area (Å²) in [6.45, 7) is 6.99. The van der Waals surface area contributed by atoms with Gasteiger partial charge in [-0.05, 0) is 43.8 Å². The minimum Gasteiger partial charge on any atom is -0.493 e. The number of hydrogen-bond donors (Lipinski definition) is 2. The SMILES string of the molecule is CC(C)c1cccc2c1OCCCC2NCCCN. The molecule has 1 aromatic rings. The van der Waals surface area contributed by atoms with E-state index in [4.69, 9.17) is 10.5 Å². The second-order valence-electron chi connectivity index (χ2n) is 5.56. The van der Waals surface area contributed by atoms with E-state index in [-0.39, 0.29) is 0 Å². The molecule has 3 N–H and O–H groups in total. The molecule has 1 aliphatic rings. The topological polar surface area (TPSA) is 47.3 Å². The highest BCUT2D eigenvalue weighted by molar-refractivity contribution is 5.45. The Kier molecular flexibility index (Phi) is 5.23. The lowest BCUT2D eigenvalue weighted by molar-refractivity contribution is 0.311. The van der Waals surface area contributed by atoms with Crippen LogP contribution in [0.4, 0.5) is 0 Å². The van der Waals surface area contributed by atoms with Crippen LogP contribution in [-0.4, -0.2) is 19.7 Å². The van der Waals surface area contributed by atoms with E-state index in [0.717, 1.165) is 44.7 Å². The molecule has 0 radical (unpaired) electrons. The van der Waals surface area contributed by atoms with Gasteiger partial charge in [-0.2, -0.15) is 0 Å². The summed E-state index contributed by atoms with van der Waals surface area (Å²) in [7, 11) is 0. The van der Waals surface area contributed by atoms with Crippen LogP contribution in [0.25, 0.3) is 0 Å². The zero-order valence-electron chi connectivity index (χ0n) is 12.1. The molecule has 1 heterocycles. The molecule has 3 nitrogen and oxygen atoms in total. The zero-order valence-corrected chi connectivity index (χ0v) is 12.1. The molecule has 1 aliphatic heterocycles. The van der Waals surface area contributed by atoms with E-state index < -0.39 is 0 Å². The summed E-state index contributed by atoms with van der Waals surface area (Å²) in [5, 5.41) is 3.62. The Morgan fingerprint density at radius 3 is 3.00 bits per heavy atom. The summed E-state index contributed by atoms with van der Waals surface area (Å²) in [6.07, 6.45) is 3.27. The molecular formula is C16H26N2O. The maximum atomic E-state index is 6.01. The second kappa shape index (κ2) is 6.92. The summed E-state index contributed by atoms with van der Waals surface area (Å²) in [4.78, 5) is 0.